The van der Waals surface area contributed by atoms with Crippen molar-refractivity contribution in [2.24, 2.45) is 5.10 Å². The number of carbonyl (C=O) groups excluding carboxylic acids is 1. The summed E-state index contributed by atoms with van der Waals surface area (Å²) in [6.07, 6.45) is 1.35. The fraction of sp³-hybridized carbons (Fsp3) is 0.0909. The highest BCUT2D eigenvalue weighted by atomic mass is 35.5. The lowest BCUT2D eigenvalue weighted by Gasteiger charge is -2.07. The minimum absolute atomic E-state index is 0.0935. The molecule has 0 aliphatic heterocycles. The number of carbonyl (C=O) groups is 1. The zero-order chi connectivity index (χ0) is 21.3. The lowest BCUT2D eigenvalue weighted by molar-refractivity contribution is -0.385. The molecule has 0 saturated carbocycles. The number of amides is 1. The van der Waals surface area contributed by atoms with Gasteiger partial charge in [0.1, 0.15) is 12.4 Å². The third-order valence-corrected chi connectivity index (χ3v) is 4.54. The van der Waals surface area contributed by atoms with Crippen LogP contribution in [0.15, 0.2) is 77.9 Å². The molecule has 0 fully saturated rings. The molecule has 3 aromatic carbocycles. The summed E-state index contributed by atoms with van der Waals surface area (Å²) >= 11 is 6.11. The van der Waals surface area contributed by atoms with Crippen LogP contribution in [-0.4, -0.2) is 17.0 Å². The number of hydrazone groups is 1. The van der Waals surface area contributed by atoms with Gasteiger partial charge in [-0.05, 0) is 35.9 Å². The number of nitro benzene ring substituents is 1. The number of para-hydroxylation sites is 1. The van der Waals surface area contributed by atoms with Crippen molar-refractivity contribution in [3.63, 3.8) is 0 Å². The van der Waals surface area contributed by atoms with E-state index in [4.69, 9.17) is 16.3 Å². The van der Waals surface area contributed by atoms with Crippen molar-refractivity contribution >= 4 is 29.4 Å². The Labute approximate surface area is 178 Å². The SMILES string of the molecule is O=C(Cc1ccccc1[N+](=O)[O-])NN=Cc1ccc(OCc2ccccc2Cl)cc1. The summed E-state index contributed by atoms with van der Waals surface area (Å²) in [6, 6.07) is 20.7. The van der Waals surface area contributed by atoms with E-state index in [9.17, 15) is 14.9 Å². The highest BCUT2D eigenvalue weighted by molar-refractivity contribution is 6.31. The van der Waals surface area contributed by atoms with Crippen molar-refractivity contribution in [2.75, 3.05) is 0 Å². The van der Waals surface area contributed by atoms with Crippen molar-refractivity contribution < 1.29 is 14.5 Å². The number of nitrogens with zero attached hydrogens (tertiary/aromatic N) is 2. The molecule has 3 aromatic rings. The van der Waals surface area contributed by atoms with E-state index >= 15 is 0 Å². The molecular weight excluding hydrogens is 406 g/mol. The molecule has 30 heavy (non-hydrogen) atoms. The first-order valence-corrected chi connectivity index (χ1v) is 9.41. The maximum atomic E-state index is 12.0. The largest absolute Gasteiger partial charge is 0.489 e. The molecule has 0 spiro atoms. The van der Waals surface area contributed by atoms with Crippen molar-refractivity contribution in [3.8, 4) is 5.75 Å². The van der Waals surface area contributed by atoms with Crippen LogP contribution in [0.25, 0.3) is 0 Å². The summed E-state index contributed by atoms with van der Waals surface area (Å²) in [6.45, 7) is 0.356. The summed E-state index contributed by atoms with van der Waals surface area (Å²) in [5.41, 5.74) is 4.26. The van der Waals surface area contributed by atoms with Gasteiger partial charge >= 0.3 is 0 Å². The fourth-order valence-corrected chi connectivity index (χ4v) is 2.85. The Morgan fingerprint density at radius 3 is 2.40 bits per heavy atom. The number of halogens is 1. The Kier molecular flexibility index (Phi) is 7.13. The van der Waals surface area contributed by atoms with Gasteiger partial charge in [0.2, 0.25) is 5.91 Å². The summed E-state index contributed by atoms with van der Waals surface area (Å²) in [5.74, 6) is 0.229. The first kappa shape index (κ1) is 21.0. The molecule has 152 valence electrons. The molecule has 1 N–H and O–H groups in total. The van der Waals surface area contributed by atoms with Crippen molar-refractivity contribution in [2.45, 2.75) is 13.0 Å². The zero-order valence-electron chi connectivity index (χ0n) is 15.8. The van der Waals surface area contributed by atoms with Gasteiger partial charge in [-0.2, -0.15) is 5.10 Å². The number of hydrogen-bond donors (Lipinski definition) is 1. The van der Waals surface area contributed by atoms with Crippen molar-refractivity contribution in [1.82, 2.24) is 5.43 Å². The Bertz CT molecular complexity index is 1070. The van der Waals surface area contributed by atoms with Crippen molar-refractivity contribution in [1.29, 1.82) is 0 Å². The molecule has 0 heterocycles. The molecule has 7 nitrogen and oxygen atoms in total. The molecule has 1 amide bonds. The van der Waals surface area contributed by atoms with E-state index in [0.29, 0.717) is 22.9 Å². The monoisotopic (exact) mass is 423 g/mol. The maximum absolute atomic E-state index is 12.0. The Morgan fingerprint density at radius 2 is 1.70 bits per heavy atom. The lowest BCUT2D eigenvalue weighted by atomic mass is 10.1. The molecule has 8 heteroatoms. The topological polar surface area (TPSA) is 93.8 Å². The minimum Gasteiger partial charge on any atom is -0.489 e. The predicted molar refractivity (Wildman–Crippen MR) is 115 cm³/mol. The van der Waals surface area contributed by atoms with E-state index in [-0.39, 0.29) is 12.1 Å². The summed E-state index contributed by atoms with van der Waals surface area (Å²) in [7, 11) is 0. The van der Waals surface area contributed by atoms with Gasteiger partial charge < -0.3 is 4.74 Å². The lowest BCUT2D eigenvalue weighted by Crippen LogP contribution is -2.20. The smallest absolute Gasteiger partial charge is 0.273 e. The number of ether oxygens (including phenoxy) is 1. The van der Waals surface area contributed by atoms with Gasteiger partial charge in [-0.15, -0.1) is 0 Å². The van der Waals surface area contributed by atoms with Gasteiger partial charge in [0, 0.05) is 22.2 Å². The fourth-order valence-electron chi connectivity index (χ4n) is 2.66. The van der Waals surface area contributed by atoms with Crippen LogP contribution in [0.4, 0.5) is 5.69 Å². The Morgan fingerprint density at radius 1 is 1.03 bits per heavy atom. The molecule has 0 aromatic heterocycles. The van der Waals surface area contributed by atoms with Crippen LogP contribution in [0.1, 0.15) is 16.7 Å². The van der Waals surface area contributed by atoms with Crippen LogP contribution in [0.2, 0.25) is 5.02 Å². The molecule has 0 unspecified atom stereocenters. The van der Waals surface area contributed by atoms with E-state index in [2.05, 4.69) is 10.5 Å². The quantitative estimate of drug-likeness (QED) is 0.327. The maximum Gasteiger partial charge on any atom is 0.273 e. The summed E-state index contributed by atoms with van der Waals surface area (Å²) in [5, 5.41) is 15.5. The molecule has 0 saturated heterocycles. The van der Waals surface area contributed by atoms with Crippen LogP contribution in [0.3, 0.4) is 0 Å². The molecule has 0 aliphatic rings. The normalized spacial score (nSPS) is 10.7. The Hall–Kier alpha value is -3.71. The van der Waals surface area contributed by atoms with Gasteiger partial charge in [-0.25, -0.2) is 5.43 Å². The molecule has 3 rings (SSSR count). The average molecular weight is 424 g/mol. The second kappa shape index (κ2) is 10.2. The predicted octanol–water partition coefficient (Wildman–Crippen LogP) is 4.52. The van der Waals surface area contributed by atoms with Crippen molar-refractivity contribution in [3.05, 3.63) is 105 Å². The average Bonchev–Trinajstić information content (AvgIpc) is 2.74. The number of nitrogens with one attached hydrogen (secondary N) is 1. The summed E-state index contributed by atoms with van der Waals surface area (Å²) in [4.78, 5) is 22.5. The van der Waals surface area contributed by atoms with Gasteiger partial charge in [0.25, 0.3) is 5.69 Å². The number of hydrogen-bond acceptors (Lipinski definition) is 5. The molecule has 0 radical (unpaired) electrons. The molecule has 0 bridgehead atoms. The van der Waals surface area contributed by atoms with Gasteiger partial charge in [-0.1, -0.05) is 48.0 Å². The standard InChI is InChI=1S/C22H18ClN3O4/c23-20-7-3-1-6-18(20)15-30-19-11-9-16(10-12-19)14-24-25-22(27)13-17-5-2-4-8-21(17)26(28)29/h1-12,14H,13,15H2,(H,25,27). The van der Waals surface area contributed by atoms with Gasteiger partial charge in [0.15, 0.2) is 0 Å². The van der Waals surface area contributed by atoms with Crippen LogP contribution in [0, 0.1) is 10.1 Å². The number of rotatable bonds is 8. The van der Waals surface area contributed by atoms with Crippen LogP contribution >= 0.6 is 11.6 Å². The van der Waals surface area contributed by atoms with E-state index in [1.807, 2.05) is 24.3 Å². The van der Waals surface area contributed by atoms with Crippen LogP contribution in [-0.2, 0) is 17.8 Å². The summed E-state index contributed by atoms with van der Waals surface area (Å²) < 4.78 is 5.71. The third kappa shape index (κ3) is 5.89. The van der Waals surface area contributed by atoms with Crippen LogP contribution in [0.5, 0.6) is 5.75 Å². The van der Waals surface area contributed by atoms with E-state index in [0.717, 1.165) is 11.1 Å². The highest BCUT2D eigenvalue weighted by Gasteiger charge is 2.14. The van der Waals surface area contributed by atoms with E-state index < -0.39 is 10.8 Å². The molecule has 0 atom stereocenters. The first-order chi connectivity index (χ1) is 14.5. The second-order valence-electron chi connectivity index (χ2n) is 6.30. The van der Waals surface area contributed by atoms with Gasteiger partial charge in [0.05, 0.1) is 17.6 Å². The van der Waals surface area contributed by atoms with E-state index in [1.165, 1.54) is 12.3 Å². The minimum atomic E-state index is -0.513. The third-order valence-electron chi connectivity index (χ3n) is 4.17. The number of benzene rings is 3. The molecule has 0 aliphatic carbocycles. The number of nitro groups is 1. The second-order valence-corrected chi connectivity index (χ2v) is 6.71. The van der Waals surface area contributed by atoms with Crippen LogP contribution < -0.4 is 10.2 Å². The van der Waals surface area contributed by atoms with E-state index in [1.54, 1.807) is 42.5 Å². The highest BCUT2D eigenvalue weighted by Crippen LogP contribution is 2.19. The zero-order valence-corrected chi connectivity index (χ0v) is 16.6. The molecular formula is C22H18ClN3O4. The Balaban J connectivity index is 1.51. The van der Waals surface area contributed by atoms with Gasteiger partial charge in [-0.3, -0.25) is 14.9 Å². The first-order valence-electron chi connectivity index (χ1n) is 9.03.